The number of hydrogen-bond donors (Lipinski definition) is 1. The molecule has 4 unspecified atom stereocenters. The lowest BCUT2D eigenvalue weighted by Gasteiger charge is -2.43. The highest BCUT2D eigenvalue weighted by Crippen LogP contribution is 2.24. The minimum absolute atomic E-state index is 0. The van der Waals surface area contributed by atoms with Gasteiger partial charge in [-0.2, -0.15) is 0 Å². The van der Waals surface area contributed by atoms with Crippen LogP contribution in [0.1, 0.15) is 22.3 Å². The molecule has 1 heterocycles. The number of hydrogen-bond acceptors (Lipinski definition) is 5. The van der Waals surface area contributed by atoms with Gasteiger partial charge in [0.2, 0.25) is 0 Å². The Hall–Kier alpha value is -3.03. The maximum atomic E-state index is 6.62. The Balaban J connectivity index is 0.00000370. The van der Waals surface area contributed by atoms with Crippen molar-refractivity contribution in [2.45, 2.75) is 50.8 Å². The standard InChI is InChI=1S/C34H37NO4.ClH/c1-5-13-27(14-6-1)22-36-26-31-33(38-24-29-17-9-3-10-18-29)34(39-25-30-19-11-4-12-20-30)32(21-35-31)37-23-28-15-7-2-8-16-28;/h1-20,31-35H,21-26H2;1H. The van der Waals surface area contributed by atoms with Crippen molar-refractivity contribution in [3.63, 3.8) is 0 Å². The average Bonchev–Trinajstić information content (AvgIpc) is 3.00. The molecular formula is C34H38ClNO4. The summed E-state index contributed by atoms with van der Waals surface area (Å²) in [6.07, 6.45) is -0.719. The molecule has 0 aromatic heterocycles. The van der Waals surface area contributed by atoms with Crippen LogP contribution in [0.3, 0.4) is 0 Å². The van der Waals surface area contributed by atoms with Crippen molar-refractivity contribution in [2.24, 2.45) is 0 Å². The molecule has 6 heteroatoms. The van der Waals surface area contributed by atoms with Gasteiger partial charge in [-0.3, -0.25) is 0 Å². The van der Waals surface area contributed by atoms with Crippen molar-refractivity contribution in [3.05, 3.63) is 144 Å². The third-order valence-electron chi connectivity index (χ3n) is 6.95. The van der Waals surface area contributed by atoms with Crippen molar-refractivity contribution in [1.29, 1.82) is 0 Å². The van der Waals surface area contributed by atoms with E-state index in [1.165, 1.54) is 0 Å². The van der Waals surface area contributed by atoms with Crippen molar-refractivity contribution < 1.29 is 18.9 Å². The molecule has 0 aliphatic carbocycles. The maximum Gasteiger partial charge on any atom is 0.113 e. The smallest absolute Gasteiger partial charge is 0.113 e. The number of halogens is 1. The van der Waals surface area contributed by atoms with E-state index >= 15 is 0 Å². The highest BCUT2D eigenvalue weighted by Gasteiger charge is 2.42. The van der Waals surface area contributed by atoms with Crippen LogP contribution in [0.4, 0.5) is 0 Å². The highest BCUT2D eigenvalue weighted by atomic mass is 35.5. The summed E-state index contributed by atoms with van der Waals surface area (Å²) < 4.78 is 25.9. The number of ether oxygens (including phenoxy) is 4. The summed E-state index contributed by atoms with van der Waals surface area (Å²) in [5, 5.41) is 3.65. The summed E-state index contributed by atoms with van der Waals surface area (Å²) in [7, 11) is 0. The first-order valence-corrected chi connectivity index (χ1v) is 13.7. The maximum absolute atomic E-state index is 6.62. The Kier molecular flexibility index (Phi) is 12.2. The van der Waals surface area contributed by atoms with E-state index < -0.39 is 0 Å². The van der Waals surface area contributed by atoms with Gasteiger partial charge in [-0.1, -0.05) is 121 Å². The van der Waals surface area contributed by atoms with Gasteiger partial charge in [-0.25, -0.2) is 0 Å². The fourth-order valence-electron chi connectivity index (χ4n) is 4.85. The van der Waals surface area contributed by atoms with Crippen LogP contribution in [0.25, 0.3) is 0 Å². The molecular weight excluding hydrogens is 522 g/mol. The molecule has 1 fully saturated rings. The lowest BCUT2D eigenvalue weighted by molar-refractivity contribution is -0.181. The summed E-state index contributed by atoms with van der Waals surface area (Å²) in [5.41, 5.74) is 4.53. The average molecular weight is 560 g/mol. The second-order valence-electron chi connectivity index (χ2n) is 9.87. The zero-order chi connectivity index (χ0) is 26.5. The van der Waals surface area contributed by atoms with Crippen LogP contribution in [0.5, 0.6) is 0 Å². The van der Waals surface area contributed by atoms with E-state index in [9.17, 15) is 0 Å². The van der Waals surface area contributed by atoms with E-state index in [1.54, 1.807) is 0 Å². The monoisotopic (exact) mass is 559 g/mol. The fraction of sp³-hybridized carbons (Fsp3) is 0.294. The summed E-state index contributed by atoms with van der Waals surface area (Å²) >= 11 is 0. The van der Waals surface area contributed by atoms with Crippen LogP contribution in [0, 0.1) is 0 Å². The normalized spacial score (nSPS) is 20.5. The Morgan fingerprint density at radius 3 is 1.38 bits per heavy atom. The largest absolute Gasteiger partial charge is 0.375 e. The predicted molar refractivity (Wildman–Crippen MR) is 160 cm³/mol. The van der Waals surface area contributed by atoms with Gasteiger partial charge in [0.15, 0.2) is 0 Å². The van der Waals surface area contributed by atoms with Crippen molar-refractivity contribution in [2.75, 3.05) is 13.2 Å². The Morgan fingerprint density at radius 2 is 0.900 bits per heavy atom. The number of benzene rings is 4. The molecule has 40 heavy (non-hydrogen) atoms. The zero-order valence-electron chi connectivity index (χ0n) is 22.6. The van der Waals surface area contributed by atoms with E-state index in [0.29, 0.717) is 39.6 Å². The molecule has 0 spiro atoms. The van der Waals surface area contributed by atoms with E-state index in [2.05, 4.69) is 53.8 Å². The molecule has 0 saturated carbocycles. The second-order valence-corrected chi connectivity index (χ2v) is 9.87. The van der Waals surface area contributed by atoms with Crippen molar-refractivity contribution in [1.82, 2.24) is 5.32 Å². The minimum atomic E-state index is -0.274. The molecule has 4 aromatic carbocycles. The summed E-state index contributed by atoms with van der Waals surface area (Å²) in [6, 6.07) is 41.0. The molecule has 4 aromatic rings. The van der Waals surface area contributed by atoms with Crippen molar-refractivity contribution in [3.8, 4) is 0 Å². The summed E-state index contributed by atoms with van der Waals surface area (Å²) in [6.45, 7) is 3.19. The summed E-state index contributed by atoms with van der Waals surface area (Å²) in [5.74, 6) is 0. The third-order valence-corrected chi connectivity index (χ3v) is 6.95. The molecule has 1 aliphatic rings. The Bertz CT molecular complexity index is 1210. The minimum Gasteiger partial charge on any atom is -0.375 e. The first kappa shape index (κ1) is 29.9. The zero-order valence-corrected chi connectivity index (χ0v) is 23.5. The van der Waals surface area contributed by atoms with Gasteiger partial charge >= 0.3 is 0 Å². The molecule has 0 bridgehead atoms. The van der Waals surface area contributed by atoms with Crippen LogP contribution >= 0.6 is 12.4 Å². The van der Waals surface area contributed by atoms with Gasteiger partial charge in [0, 0.05) is 6.54 Å². The molecule has 4 atom stereocenters. The molecule has 0 radical (unpaired) electrons. The topological polar surface area (TPSA) is 49.0 Å². The first-order chi connectivity index (χ1) is 19.3. The molecule has 0 amide bonds. The quantitative estimate of drug-likeness (QED) is 0.207. The van der Waals surface area contributed by atoms with Gasteiger partial charge in [0.1, 0.15) is 12.2 Å². The van der Waals surface area contributed by atoms with E-state index in [4.69, 9.17) is 18.9 Å². The summed E-state index contributed by atoms with van der Waals surface area (Å²) in [4.78, 5) is 0. The molecule has 1 N–H and O–H groups in total. The molecule has 210 valence electrons. The van der Waals surface area contributed by atoms with E-state index in [0.717, 1.165) is 22.3 Å². The third kappa shape index (κ3) is 9.00. The SMILES string of the molecule is Cl.c1ccc(COCC2NCC(OCc3ccccc3)C(OCc3ccccc3)C2OCc2ccccc2)cc1. The van der Waals surface area contributed by atoms with Crippen LogP contribution in [-0.4, -0.2) is 37.5 Å². The van der Waals surface area contributed by atoms with E-state index in [1.807, 2.05) is 72.8 Å². The van der Waals surface area contributed by atoms with Crippen LogP contribution in [0.15, 0.2) is 121 Å². The Morgan fingerprint density at radius 1 is 0.500 bits per heavy atom. The lowest BCUT2D eigenvalue weighted by atomic mass is 9.95. The van der Waals surface area contributed by atoms with Gasteiger partial charge in [0.05, 0.1) is 45.2 Å². The lowest BCUT2D eigenvalue weighted by Crippen LogP contribution is -2.63. The fourth-order valence-corrected chi connectivity index (χ4v) is 4.85. The number of nitrogens with one attached hydrogen (secondary N) is 1. The number of rotatable bonds is 13. The second kappa shape index (κ2) is 16.3. The van der Waals surface area contributed by atoms with Gasteiger partial charge in [0.25, 0.3) is 0 Å². The predicted octanol–water partition coefficient (Wildman–Crippen LogP) is 6.35. The van der Waals surface area contributed by atoms with Crippen LogP contribution in [0.2, 0.25) is 0 Å². The molecule has 1 aliphatic heterocycles. The van der Waals surface area contributed by atoms with Gasteiger partial charge in [-0.05, 0) is 22.3 Å². The molecule has 5 rings (SSSR count). The van der Waals surface area contributed by atoms with Crippen LogP contribution < -0.4 is 5.32 Å². The molecule has 5 nitrogen and oxygen atoms in total. The Labute approximate surface area is 243 Å². The van der Waals surface area contributed by atoms with Gasteiger partial charge in [-0.15, -0.1) is 12.4 Å². The van der Waals surface area contributed by atoms with E-state index in [-0.39, 0.29) is 36.8 Å². The van der Waals surface area contributed by atoms with Crippen molar-refractivity contribution >= 4 is 12.4 Å². The van der Waals surface area contributed by atoms with Gasteiger partial charge < -0.3 is 24.3 Å². The molecule has 1 saturated heterocycles. The number of piperidine rings is 1. The van der Waals surface area contributed by atoms with Crippen LogP contribution in [-0.2, 0) is 45.4 Å². The first-order valence-electron chi connectivity index (χ1n) is 13.7. The highest BCUT2D eigenvalue weighted by molar-refractivity contribution is 5.85.